The van der Waals surface area contributed by atoms with E-state index in [4.69, 9.17) is 5.73 Å². The number of nitrogen functional groups attached to an aromatic ring is 1. The maximum absolute atomic E-state index is 12.2. The highest BCUT2D eigenvalue weighted by Gasteiger charge is 2.23. The number of nitrogens with two attached hydrogens (primary N) is 1. The molecular weight excluding hydrogens is 232 g/mol. The van der Waals surface area contributed by atoms with Crippen LogP contribution in [0.3, 0.4) is 0 Å². The smallest absolute Gasteiger partial charge is 0.227 e. The first-order valence-electron chi connectivity index (χ1n) is 5.89. The number of thioether (sulfide) groups is 1. The minimum atomic E-state index is 0.190. The Balaban J connectivity index is 2.03. The molecule has 1 atom stereocenters. The van der Waals surface area contributed by atoms with Crippen molar-refractivity contribution < 1.29 is 4.79 Å². The summed E-state index contributed by atoms with van der Waals surface area (Å²) < 4.78 is 0. The lowest BCUT2D eigenvalue weighted by atomic mass is 10.1. The van der Waals surface area contributed by atoms with Crippen molar-refractivity contribution in [1.29, 1.82) is 0 Å². The number of hydrogen-bond donors (Lipinski definition) is 1. The van der Waals surface area contributed by atoms with Crippen molar-refractivity contribution in [3.8, 4) is 0 Å². The van der Waals surface area contributed by atoms with Crippen LogP contribution in [0, 0.1) is 0 Å². The Bertz CT molecular complexity index is 408. The van der Waals surface area contributed by atoms with Crippen LogP contribution in [-0.4, -0.2) is 34.9 Å². The minimum absolute atomic E-state index is 0.190. The summed E-state index contributed by atoms with van der Waals surface area (Å²) in [5.74, 6) is 2.27. The van der Waals surface area contributed by atoms with Crippen molar-refractivity contribution in [3.05, 3.63) is 29.8 Å². The Morgan fingerprint density at radius 1 is 1.53 bits per heavy atom. The van der Waals surface area contributed by atoms with Gasteiger partial charge in [0.25, 0.3) is 0 Å². The molecule has 17 heavy (non-hydrogen) atoms. The molecule has 1 aromatic carbocycles. The molecule has 1 aromatic rings. The van der Waals surface area contributed by atoms with E-state index in [1.807, 2.05) is 40.9 Å². The second kappa shape index (κ2) is 5.45. The molecule has 2 rings (SSSR count). The lowest BCUT2D eigenvalue weighted by Gasteiger charge is -2.33. The molecule has 1 aliphatic heterocycles. The van der Waals surface area contributed by atoms with Crippen LogP contribution >= 0.6 is 11.8 Å². The highest BCUT2D eigenvalue weighted by Crippen LogP contribution is 2.18. The van der Waals surface area contributed by atoms with Gasteiger partial charge in [-0.05, 0) is 18.6 Å². The fourth-order valence-corrected chi connectivity index (χ4v) is 3.07. The molecule has 0 radical (unpaired) electrons. The zero-order valence-electron chi connectivity index (χ0n) is 10.1. The summed E-state index contributed by atoms with van der Waals surface area (Å²) in [6.07, 6.45) is 0.418. The fraction of sp³-hybridized carbons (Fsp3) is 0.462. The van der Waals surface area contributed by atoms with Crippen LogP contribution in [0.25, 0.3) is 0 Å². The molecule has 0 bridgehead atoms. The molecule has 4 heteroatoms. The van der Waals surface area contributed by atoms with E-state index >= 15 is 0 Å². The van der Waals surface area contributed by atoms with E-state index in [2.05, 4.69) is 6.92 Å². The van der Waals surface area contributed by atoms with Crippen molar-refractivity contribution in [2.75, 3.05) is 23.8 Å². The number of carbonyl (C=O) groups excluding carboxylic acids is 1. The molecule has 92 valence electrons. The summed E-state index contributed by atoms with van der Waals surface area (Å²) in [6.45, 7) is 2.97. The number of hydrogen-bond acceptors (Lipinski definition) is 3. The summed E-state index contributed by atoms with van der Waals surface area (Å²) in [7, 11) is 0. The lowest BCUT2D eigenvalue weighted by molar-refractivity contribution is -0.131. The van der Waals surface area contributed by atoms with Crippen molar-refractivity contribution in [3.63, 3.8) is 0 Å². The first-order chi connectivity index (χ1) is 8.18. The van der Waals surface area contributed by atoms with Gasteiger partial charge < -0.3 is 10.6 Å². The van der Waals surface area contributed by atoms with E-state index in [9.17, 15) is 4.79 Å². The van der Waals surface area contributed by atoms with Crippen molar-refractivity contribution in [2.24, 2.45) is 0 Å². The molecule has 0 spiro atoms. The number of rotatable bonds is 2. The quantitative estimate of drug-likeness (QED) is 0.814. The standard InChI is InChI=1S/C13H18N2OS/c1-10-9-17-7-6-15(10)13(16)8-11-4-2-3-5-12(11)14/h2-5,10H,6-9,14H2,1H3. The normalized spacial score (nSPS) is 20.3. The minimum Gasteiger partial charge on any atom is -0.398 e. The molecule has 0 aliphatic carbocycles. The van der Waals surface area contributed by atoms with Gasteiger partial charge in [-0.3, -0.25) is 4.79 Å². The summed E-state index contributed by atoms with van der Waals surface area (Å²) >= 11 is 1.92. The predicted molar refractivity (Wildman–Crippen MR) is 73.1 cm³/mol. The van der Waals surface area contributed by atoms with Crippen molar-refractivity contribution in [2.45, 2.75) is 19.4 Å². The third-order valence-corrected chi connectivity index (χ3v) is 4.27. The molecule has 3 nitrogen and oxygen atoms in total. The first-order valence-corrected chi connectivity index (χ1v) is 7.04. The number of anilines is 1. The lowest BCUT2D eigenvalue weighted by Crippen LogP contribution is -2.45. The van der Waals surface area contributed by atoms with E-state index in [0.717, 1.165) is 23.6 Å². The van der Waals surface area contributed by atoms with E-state index in [0.29, 0.717) is 18.2 Å². The van der Waals surface area contributed by atoms with Crippen LogP contribution in [0.4, 0.5) is 5.69 Å². The van der Waals surface area contributed by atoms with E-state index in [1.165, 1.54) is 0 Å². The molecule has 1 saturated heterocycles. The molecule has 1 heterocycles. The maximum Gasteiger partial charge on any atom is 0.227 e. The third-order valence-electron chi connectivity index (χ3n) is 3.08. The summed E-state index contributed by atoms with van der Waals surface area (Å²) in [6, 6.07) is 7.93. The van der Waals surface area contributed by atoms with Crippen LogP contribution < -0.4 is 5.73 Å². The van der Waals surface area contributed by atoms with Crippen LogP contribution in [0.2, 0.25) is 0 Å². The Morgan fingerprint density at radius 3 is 3.00 bits per heavy atom. The molecule has 1 unspecified atom stereocenters. The molecule has 0 aromatic heterocycles. The highest BCUT2D eigenvalue weighted by atomic mass is 32.2. The second-order valence-corrected chi connectivity index (χ2v) is 5.54. The van der Waals surface area contributed by atoms with Gasteiger partial charge in [0, 0.05) is 29.8 Å². The SMILES string of the molecule is CC1CSCCN1C(=O)Cc1ccccc1N. The average Bonchev–Trinajstić information content (AvgIpc) is 2.32. The fourth-order valence-electron chi connectivity index (χ4n) is 2.06. The molecule has 1 amide bonds. The number of para-hydroxylation sites is 1. The first kappa shape index (κ1) is 12.3. The Hall–Kier alpha value is -1.16. The third kappa shape index (κ3) is 2.94. The monoisotopic (exact) mass is 250 g/mol. The van der Waals surface area contributed by atoms with E-state index in [1.54, 1.807) is 0 Å². The molecular formula is C13H18N2OS. The topological polar surface area (TPSA) is 46.3 Å². The molecule has 1 aliphatic rings. The van der Waals surface area contributed by atoms with Gasteiger partial charge in [-0.1, -0.05) is 18.2 Å². The number of benzene rings is 1. The second-order valence-electron chi connectivity index (χ2n) is 4.39. The van der Waals surface area contributed by atoms with Crippen LogP contribution in [0.1, 0.15) is 12.5 Å². The van der Waals surface area contributed by atoms with Crippen molar-refractivity contribution >= 4 is 23.4 Å². The molecule has 0 saturated carbocycles. The Kier molecular flexibility index (Phi) is 3.94. The van der Waals surface area contributed by atoms with Gasteiger partial charge in [-0.2, -0.15) is 11.8 Å². The predicted octanol–water partition coefficient (Wildman–Crippen LogP) is 1.78. The number of amides is 1. The zero-order chi connectivity index (χ0) is 12.3. The molecule has 2 N–H and O–H groups in total. The summed E-state index contributed by atoms with van der Waals surface area (Å²) in [4.78, 5) is 14.2. The average molecular weight is 250 g/mol. The van der Waals surface area contributed by atoms with Gasteiger partial charge in [0.2, 0.25) is 5.91 Å². The van der Waals surface area contributed by atoms with E-state index in [-0.39, 0.29) is 5.91 Å². The zero-order valence-corrected chi connectivity index (χ0v) is 10.9. The van der Waals surface area contributed by atoms with Gasteiger partial charge in [-0.15, -0.1) is 0 Å². The number of carbonyl (C=O) groups is 1. The number of nitrogens with zero attached hydrogens (tertiary/aromatic N) is 1. The summed E-state index contributed by atoms with van der Waals surface area (Å²) in [5, 5.41) is 0. The van der Waals surface area contributed by atoms with E-state index < -0.39 is 0 Å². The van der Waals surface area contributed by atoms with Gasteiger partial charge in [0.1, 0.15) is 0 Å². The van der Waals surface area contributed by atoms with Gasteiger partial charge in [0.05, 0.1) is 6.42 Å². The van der Waals surface area contributed by atoms with Gasteiger partial charge in [-0.25, -0.2) is 0 Å². The maximum atomic E-state index is 12.2. The van der Waals surface area contributed by atoms with Crippen molar-refractivity contribution in [1.82, 2.24) is 4.90 Å². The highest BCUT2D eigenvalue weighted by molar-refractivity contribution is 7.99. The van der Waals surface area contributed by atoms with Crippen LogP contribution in [-0.2, 0) is 11.2 Å². The van der Waals surface area contributed by atoms with Crippen LogP contribution in [0.15, 0.2) is 24.3 Å². The summed E-state index contributed by atoms with van der Waals surface area (Å²) in [5.41, 5.74) is 7.50. The largest absolute Gasteiger partial charge is 0.398 e. The Morgan fingerprint density at radius 2 is 2.29 bits per heavy atom. The van der Waals surface area contributed by atoms with Gasteiger partial charge >= 0.3 is 0 Å². The Labute approximate surface area is 106 Å². The molecule has 1 fully saturated rings. The van der Waals surface area contributed by atoms with Gasteiger partial charge in [0.15, 0.2) is 0 Å². The van der Waals surface area contributed by atoms with Crippen LogP contribution in [0.5, 0.6) is 0 Å².